The Bertz CT molecular complexity index is 1310. The molecule has 148 valence electrons. The molecular weight excluding hydrogens is 391 g/mol. The molecule has 6 nitrogen and oxygen atoms in total. The third-order valence-electron chi connectivity index (χ3n) is 4.79. The van der Waals surface area contributed by atoms with Crippen LogP contribution < -0.4 is 0 Å². The molecule has 4 aromatic rings. The van der Waals surface area contributed by atoms with E-state index in [0.717, 1.165) is 17.4 Å². The molecule has 0 bridgehead atoms. The van der Waals surface area contributed by atoms with Gasteiger partial charge in [-0.15, -0.1) is 5.10 Å². The summed E-state index contributed by atoms with van der Waals surface area (Å²) in [5, 5.41) is 8.30. The van der Waals surface area contributed by atoms with E-state index < -0.39 is 15.7 Å². The molecule has 8 heteroatoms. The highest BCUT2D eigenvalue weighted by atomic mass is 32.2. The predicted octanol–water partition coefficient (Wildman–Crippen LogP) is 4.28. The van der Waals surface area contributed by atoms with Gasteiger partial charge in [0, 0.05) is 23.4 Å². The zero-order valence-electron chi connectivity index (χ0n) is 16.2. The van der Waals surface area contributed by atoms with Gasteiger partial charge in [-0.3, -0.25) is 0 Å². The van der Waals surface area contributed by atoms with Crippen molar-refractivity contribution in [3.63, 3.8) is 0 Å². The van der Waals surface area contributed by atoms with Gasteiger partial charge in [0.1, 0.15) is 11.3 Å². The Morgan fingerprint density at radius 1 is 1.00 bits per heavy atom. The molecule has 2 aromatic carbocycles. The van der Waals surface area contributed by atoms with E-state index in [2.05, 4.69) is 15.2 Å². The maximum absolute atomic E-state index is 14.6. The van der Waals surface area contributed by atoms with Gasteiger partial charge in [-0.05, 0) is 49.2 Å². The van der Waals surface area contributed by atoms with Crippen LogP contribution in [0.5, 0.6) is 0 Å². The number of fused-ring (bicyclic) bond motifs is 1. The van der Waals surface area contributed by atoms with Crippen molar-refractivity contribution >= 4 is 21.0 Å². The van der Waals surface area contributed by atoms with Crippen molar-refractivity contribution in [3.8, 4) is 22.3 Å². The average Bonchev–Trinajstić information content (AvgIpc) is 3.12. The van der Waals surface area contributed by atoms with Crippen LogP contribution in [0.25, 0.3) is 33.4 Å². The zero-order valence-corrected chi connectivity index (χ0v) is 17.0. The molecule has 2 heterocycles. The van der Waals surface area contributed by atoms with Gasteiger partial charge in [0.25, 0.3) is 0 Å². The minimum absolute atomic E-state index is 0.182. The van der Waals surface area contributed by atoms with E-state index in [1.165, 1.54) is 18.2 Å². The van der Waals surface area contributed by atoms with E-state index in [4.69, 9.17) is 0 Å². The molecule has 0 aliphatic carbocycles. The van der Waals surface area contributed by atoms with Gasteiger partial charge < -0.3 is 4.57 Å². The molecule has 0 fully saturated rings. The topological polar surface area (TPSA) is 77.7 Å². The summed E-state index contributed by atoms with van der Waals surface area (Å²) >= 11 is 0. The maximum atomic E-state index is 14.6. The Kier molecular flexibility index (Phi) is 4.66. The van der Waals surface area contributed by atoms with Crippen LogP contribution in [-0.2, 0) is 9.84 Å². The van der Waals surface area contributed by atoms with Crippen LogP contribution in [0.1, 0.15) is 19.9 Å². The third-order valence-corrected chi connectivity index (χ3v) is 5.92. The molecular formula is C21H19FN4O2S. The van der Waals surface area contributed by atoms with E-state index >= 15 is 0 Å². The smallest absolute Gasteiger partial charge is 0.183 e. The molecule has 0 radical (unpaired) electrons. The van der Waals surface area contributed by atoms with Crippen molar-refractivity contribution in [1.29, 1.82) is 0 Å². The summed E-state index contributed by atoms with van der Waals surface area (Å²) in [5.74, 6) is -0.396. The van der Waals surface area contributed by atoms with Crippen molar-refractivity contribution in [2.75, 3.05) is 6.26 Å². The zero-order chi connectivity index (χ0) is 20.8. The van der Waals surface area contributed by atoms with Crippen molar-refractivity contribution in [2.45, 2.75) is 24.8 Å². The highest BCUT2D eigenvalue weighted by Crippen LogP contribution is 2.32. The minimum atomic E-state index is -3.31. The first-order valence-electron chi connectivity index (χ1n) is 9.04. The molecule has 0 atom stereocenters. The summed E-state index contributed by atoms with van der Waals surface area (Å²) in [6, 6.07) is 11.1. The first-order chi connectivity index (χ1) is 13.8. The second-order valence-electron chi connectivity index (χ2n) is 7.17. The normalized spacial score (nSPS) is 12.0. The van der Waals surface area contributed by atoms with Gasteiger partial charge >= 0.3 is 0 Å². The fourth-order valence-corrected chi connectivity index (χ4v) is 3.86. The highest BCUT2D eigenvalue weighted by Gasteiger charge is 2.15. The Morgan fingerprint density at radius 2 is 1.69 bits per heavy atom. The molecule has 0 saturated heterocycles. The van der Waals surface area contributed by atoms with Crippen LogP contribution >= 0.6 is 0 Å². The van der Waals surface area contributed by atoms with E-state index in [1.807, 2.05) is 18.4 Å². The highest BCUT2D eigenvalue weighted by molar-refractivity contribution is 7.90. The van der Waals surface area contributed by atoms with Crippen molar-refractivity contribution in [1.82, 2.24) is 19.7 Å². The first kappa shape index (κ1) is 19.2. The second-order valence-corrected chi connectivity index (χ2v) is 9.18. The molecule has 2 aromatic heterocycles. The molecule has 0 amide bonds. The lowest BCUT2D eigenvalue weighted by Gasteiger charge is -2.09. The second kappa shape index (κ2) is 7.04. The lowest BCUT2D eigenvalue weighted by atomic mass is 9.99. The van der Waals surface area contributed by atoms with Gasteiger partial charge in [0.2, 0.25) is 0 Å². The van der Waals surface area contributed by atoms with Crippen LogP contribution in [0, 0.1) is 5.82 Å². The van der Waals surface area contributed by atoms with E-state index in [-0.39, 0.29) is 10.9 Å². The molecule has 4 rings (SSSR count). The number of rotatable bonds is 4. The number of aromatic nitrogens is 4. The van der Waals surface area contributed by atoms with Gasteiger partial charge in [-0.1, -0.05) is 18.2 Å². The number of halogens is 1. The fraction of sp³-hybridized carbons (Fsp3) is 0.190. The number of hydrogen-bond acceptors (Lipinski definition) is 5. The predicted molar refractivity (Wildman–Crippen MR) is 110 cm³/mol. The van der Waals surface area contributed by atoms with Crippen LogP contribution in [0.15, 0.2) is 59.9 Å². The van der Waals surface area contributed by atoms with Crippen LogP contribution in [0.4, 0.5) is 4.39 Å². The minimum Gasteiger partial charge on any atom is -0.311 e. The third kappa shape index (κ3) is 3.51. The monoisotopic (exact) mass is 410 g/mol. The Hall–Kier alpha value is -3.13. The van der Waals surface area contributed by atoms with Crippen LogP contribution in [0.3, 0.4) is 0 Å². The van der Waals surface area contributed by atoms with E-state index in [9.17, 15) is 12.8 Å². The Labute approximate surface area is 168 Å². The molecule has 0 N–H and O–H groups in total. The molecule has 0 unspecified atom stereocenters. The maximum Gasteiger partial charge on any atom is 0.183 e. The standard InChI is InChI=1S/C21H19FN4O2S/c1-13(2)26-12-23-20-18(11-24-25-21(20)26)15-6-9-19(22)17(10-15)14-4-7-16(8-5-14)29(3,27)28/h4-13H,1-3H3. The Balaban J connectivity index is 1.83. The summed E-state index contributed by atoms with van der Waals surface area (Å²) in [7, 11) is -3.31. The number of hydrogen-bond donors (Lipinski definition) is 0. The summed E-state index contributed by atoms with van der Waals surface area (Å²) < 4.78 is 39.8. The molecule has 0 saturated carbocycles. The van der Waals surface area contributed by atoms with Gasteiger partial charge in [-0.2, -0.15) is 5.10 Å². The molecule has 0 spiro atoms. The van der Waals surface area contributed by atoms with Crippen LogP contribution in [-0.4, -0.2) is 34.4 Å². The quantitative estimate of drug-likeness (QED) is 0.502. The van der Waals surface area contributed by atoms with Crippen molar-refractivity contribution in [2.24, 2.45) is 0 Å². The Morgan fingerprint density at radius 3 is 2.34 bits per heavy atom. The lowest BCUT2D eigenvalue weighted by molar-refractivity contribution is 0.602. The summed E-state index contributed by atoms with van der Waals surface area (Å²) in [6.45, 7) is 4.07. The molecule has 0 aliphatic rings. The average molecular weight is 410 g/mol. The number of nitrogens with zero attached hydrogens (tertiary/aromatic N) is 4. The first-order valence-corrected chi connectivity index (χ1v) is 10.9. The van der Waals surface area contributed by atoms with Crippen LogP contribution in [0.2, 0.25) is 0 Å². The van der Waals surface area contributed by atoms with Gasteiger partial charge in [0.05, 0.1) is 17.4 Å². The summed E-state index contributed by atoms with van der Waals surface area (Å²) in [5.41, 5.74) is 3.82. The van der Waals surface area contributed by atoms with Gasteiger partial charge in [0.15, 0.2) is 15.5 Å². The lowest BCUT2D eigenvalue weighted by Crippen LogP contribution is -2.00. The van der Waals surface area contributed by atoms with E-state index in [1.54, 1.807) is 36.8 Å². The largest absolute Gasteiger partial charge is 0.311 e. The van der Waals surface area contributed by atoms with Crippen molar-refractivity contribution in [3.05, 3.63) is 60.8 Å². The summed E-state index contributed by atoms with van der Waals surface area (Å²) in [6.07, 6.45) is 4.48. The molecule has 0 aliphatic heterocycles. The number of sulfone groups is 1. The SMILES string of the molecule is CC(C)n1cnc2c(-c3ccc(F)c(-c4ccc(S(C)(=O)=O)cc4)c3)cnnc21. The van der Waals surface area contributed by atoms with Gasteiger partial charge in [-0.25, -0.2) is 17.8 Å². The fourth-order valence-electron chi connectivity index (χ4n) is 3.23. The van der Waals surface area contributed by atoms with E-state index in [0.29, 0.717) is 22.3 Å². The molecule has 29 heavy (non-hydrogen) atoms. The number of imidazole rings is 1. The van der Waals surface area contributed by atoms with Crippen molar-refractivity contribution < 1.29 is 12.8 Å². The summed E-state index contributed by atoms with van der Waals surface area (Å²) in [4.78, 5) is 4.67. The number of benzene rings is 2.